The number of aromatic nitrogens is 2. The van der Waals surface area contributed by atoms with Gasteiger partial charge in [-0.25, -0.2) is 8.78 Å². The lowest BCUT2D eigenvalue weighted by molar-refractivity contribution is -0.141. The molecule has 0 spiro atoms. The Kier molecular flexibility index (Phi) is 20.3. The van der Waals surface area contributed by atoms with E-state index in [2.05, 4.69) is 36.9 Å². The molecule has 404 valence electrons. The number of pyridine rings is 1. The highest BCUT2D eigenvalue weighted by Gasteiger charge is 2.39. The highest BCUT2D eigenvalue weighted by atomic mass is 19.1. The number of amides is 10. The highest BCUT2D eigenvalue weighted by Crippen LogP contribution is 2.41. The number of nitrogens with zero attached hydrogens (tertiary/aromatic N) is 4. The molecule has 0 saturated heterocycles. The molecule has 2 aromatic carbocycles. The zero-order chi connectivity index (χ0) is 55.9. The molecule has 22 nitrogen and oxygen atoms in total. The first-order chi connectivity index (χ1) is 36.0. The number of benzene rings is 2. The van der Waals surface area contributed by atoms with Crippen LogP contribution in [-0.2, 0) is 49.7 Å². The van der Waals surface area contributed by atoms with Gasteiger partial charge in [-0.1, -0.05) is 51.1 Å². The minimum absolute atomic E-state index is 0.0687. The number of carbonyl (C=O) groups is 10. The Bertz CT molecular complexity index is 2820. The lowest BCUT2D eigenvalue weighted by Gasteiger charge is -2.41. The molecule has 24 heteroatoms. The largest absolute Gasteiger partial charge is 0.387 e. The van der Waals surface area contributed by atoms with Crippen LogP contribution < -0.4 is 37.6 Å². The Hall–Kier alpha value is -8.67. The molecule has 76 heavy (non-hydrogen) atoms. The second-order valence-electron chi connectivity index (χ2n) is 18.9. The summed E-state index contributed by atoms with van der Waals surface area (Å²) in [5.41, 5.74) is 6.23. The molecule has 0 fully saturated rings. The van der Waals surface area contributed by atoms with Gasteiger partial charge in [0, 0.05) is 79.3 Å². The molecule has 1 aliphatic heterocycles. The molecule has 1 aliphatic rings. The van der Waals surface area contributed by atoms with Crippen LogP contribution >= 0.6 is 0 Å². The van der Waals surface area contributed by atoms with E-state index in [0.717, 1.165) is 35.9 Å². The average Bonchev–Trinajstić information content (AvgIpc) is 3.93. The number of nitrogens with one attached hydrogen (secondary N) is 6. The van der Waals surface area contributed by atoms with Crippen LogP contribution in [0.5, 0.6) is 0 Å². The number of carbonyl (C=O) groups excluding carboxylic acids is 10. The fraction of sp³-hybridized carbons (Fsp3) is 0.365. The van der Waals surface area contributed by atoms with Crippen LogP contribution in [0.25, 0.3) is 11.1 Å². The number of hydrogen-bond acceptors (Lipinski definition) is 12. The summed E-state index contributed by atoms with van der Waals surface area (Å²) in [4.78, 5) is 136. The molecular formula is C52H61F2N11O11. The Morgan fingerprint density at radius 1 is 0.763 bits per heavy atom. The van der Waals surface area contributed by atoms with Gasteiger partial charge in [-0.05, 0) is 67.6 Å². The molecule has 4 aromatic rings. The van der Waals surface area contributed by atoms with Gasteiger partial charge < -0.3 is 52.2 Å². The van der Waals surface area contributed by atoms with Gasteiger partial charge in [-0.3, -0.25) is 57.8 Å². The van der Waals surface area contributed by atoms with E-state index in [1.165, 1.54) is 43.3 Å². The summed E-state index contributed by atoms with van der Waals surface area (Å²) in [5.74, 6) is -9.81. The first-order valence-electron chi connectivity index (χ1n) is 24.0. The Balaban J connectivity index is 1.42. The smallest absolute Gasteiger partial charge is 0.254 e. The quantitative estimate of drug-likeness (QED) is 0.0333. The molecule has 0 radical (unpaired) electrons. The van der Waals surface area contributed by atoms with Gasteiger partial charge in [-0.15, -0.1) is 0 Å². The Morgan fingerprint density at radius 2 is 1.38 bits per heavy atom. The lowest BCUT2D eigenvalue weighted by atomic mass is 9.82. The third kappa shape index (κ3) is 16.2. The molecule has 5 rings (SSSR count). The molecule has 5 atom stereocenters. The first kappa shape index (κ1) is 58.2. The number of aliphatic hydroxyl groups is 1. The van der Waals surface area contributed by atoms with Crippen molar-refractivity contribution in [2.75, 3.05) is 32.8 Å². The Labute approximate surface area is 436 Å². The van der Waals surface area contributed by atoms with Crippen molar-refractivity contribution < 1.29 is 61.8 Å². The van der Waals surface area contributed by atoms with Crippen LogP contribution in [0.4, 0.5) is 8.78 Å². The summed E-state index contributed by atoms with van der Waals surface area (Å²) < 4.78 is 31.7. The summed E-state index contributed by atoms with van der Waals surface area (Å²) in [6.07, 6.45) is 5.17. The van der Waals surface area contributed by atoms with Gasteiger partial charge >= 0.3 is 0 Å². The summed E-state index contributed by atoms with van der Waals surface area (Å²) in [6.45, 7) is 5.68. The van der Waals surface area contributed by atoms with Crippen molar-refractivity contribution in [1.29, 1.82) is 0 Å². The molecule has 0 bridgehead atoms. The third-order valence-electron chi connectivity index (χ3n) is 11.9. The van der Waals surface area contributed by atoms with E-state index in [-0.39, 0.29) is 42.9 Å². The maximum absolute atomic E-state index is 15.4. The van der Waals surface area contributed by atoms with Crippen LogP contribution in [0.1, 0.15) is 75.1 Å². The number of hydrogen-bond donors (Lipinski definition) is 8. The fourth-order valence-corrected chi connectivity index (χ4v) is 8.17. The number of primary amides is 1. The zero-order valence-electron chi connectivity index (χ0n) is 42.4. The van der Waals surface area contributed by atoms with Crippen LogP contribution in [-0.4, -0.2) is 140 Å². The number of nitrogens with two attached hydrogens (primary N) is 1. The van der Waals surface area contributed by atoms with Crippen molar-refractivity contribution in [3.05, 3.63) is 126 Å². The second kappa shape index (κ2) is 26.5. The van der Waals surface area contributed by atoms with E-state index in [9.17, 15) is 57.4 Å². The Morgan fingerprint density at radius 3 is 2.01 bits per heavy atom. The maximum Gasteiger partial charge on any atom is 0.254 e. The topological polar surface area (TPSA) is 313 Å². The van der Waals surface area contributed by atoms with Crippen molar-refractivity contribution in [3.63, 3.8) is 0 Å². The molecule has 5 unspecified atom stereocenters. The van der Waals surface area contributed by atoms with Crippen LogP contribution in [0.15, 0.2) is 97.5 Å². The molecular weight excluding hydrogens is 993 g/mol. The monoisotopic (exact) mass is 1050 g/mol. The summed E-state index contributed by atoms with van der Waals surface area (Å²) in [7, 11) is 0. The summed E-state index contributed by atoms with van der Waals surface area (Å²) in [6, 6.07) is 9.72. The number of halogens is 2. The van der Waals surface area contributed by atoms with E-state index >= 15 is 4.39 Å². The van der Waals surface area contributed by atoms with E-state index in [4.69, 9.17) is 5.73 Å². The van der Waals surface area contributed by atoms with Crippen molar-refractivity contribution in [1.82, 2.24) is 51.3 Å². The van der Waals surface area contributed by atoms with Gasteiger partial charge in [0.05, 0.1) is 12.5 Å². The minimum atomic E-state index is -1.76. The van der Waals surface area contributed by atoms with E-state index < -0.39 is 132 Å². The average molecular weight is 1050 g/mol. The summed E-state index contributed by atoms with van der Waals surface area (Å²) in [5, 5.41) is 25.3. The van der Waals surface area contributed by atoms with Crippen LogP contribution in [0.3, 0.4) is 0 Å². The molecule has 10 amide bonds. The van der Waals surface area contributed by atoms with Crippen LogP contribution in [0, 0.1) is 17.0 Å². The van der Waals surface area contributed by atoms with Crippen molar-refractivity contribution in [2.24, 2.45) is 11.1 Å². The normalized spacial score (nSPS) is 14.1. The molecule has 0 aliphatic carbocycles. The molecule has 2 aromatic heterocycles. The highest BCUT2D eigenvalue weighted by molar-refractivity contribution is 6.14. The zero-order valence-corrected chi connectivity index (χ0v) is 42.4. The molecule has 9 N–H and O–H groups in total. The third-order valence-corrected chi connectivity index (χ3v) is 11.9. The van der Waals surface area contributed by atoms with Gasteiger partial charge in [0.2, 0.25) is 41.4 Å². The maximum atomic E-state index is 15.4. The van der Waals surface area contributed by atoms with Gasteiger partial charge in [0.1, 0.15) is 49.0 Å². The van der Waals surface area contributed by atoms with Crippen molar-refractivity contribution in [2.45, 2.75) is 84.2 Å². The predicted molar refractivity (Wildman–Crippen MR) is 269 cm³/mol. The van der Waals surface area contributed by atoms with Gasteiger partial charge in [0.15, 0.2) is 0 Å². The first-order valence-corrected chi connectivity index (χ1v) is 24.0. The van der Waals surface area contributed by atoms with E-state index in [1.54, 1.807) is 37.6 Å². The fourth-order valence-electron chi connectivity index (χ4n) is 8.17. The number of rotatable bonds is 25. The van der Waals surface area contributed by atoms with Gasteiger partial charge in [-0.2, -0.15) is 0 Å². The lowest BCUT2D eigenvalue weighted by Crippen LogP contribution is -2.58. The van der Waals surface area contributed by atoms with E-state index in [1.807, 2.05) is 30.3 Å². The molecule has 0 saturated carbocycles. The van der Waals surface area contributed by atoms with Crippen molar-refractivity contribution in [3.8, 4) is 11.1 Å². The second-order valence-corrected chi connectivity index (χ2v) is 18.9. The number of imide groups is 1. The van der Waals surface area contributed by atoms with Gasteiger partial charge in [0.25, 0.3) is 17.7 Å². The number of aliphatic hydroxyl groups excluding tert-OH is 1. The SMILES string of the molecule is CC(NC(=O)c1ccncc1)C(=O)NC(C)C(=O)NC(CC(N)=O)C(=O)NC(CCN(C(=O)CO)C(c1cc(-c2cc(F)ccc2F)cn1Cc1ccccc1)C(C)(C)C)C(=O)NCCNC(=O)CN1C(=O)C=CC1=O. The standard InChI is InChI=1S/C52H61F2N11O11/c1-30(60-49(74)33-15-18-56-19-16-33)47(72)59-31(2)48(73)62-39(25-41(55)67)51(76)61-38(50(75)58-21-20-57-42(68)28-65-43(69)13-14-44(65)70)17-22-64(45(71)29-66)46(52(3,4)5)40-23-34(36-24-35(53)11-12-37(36)54)27-63(40)26-32-9-7-6-8-10-32/h6-16,18-19,23-24,27,30-31,38-39,46,66H,17,20-22,25-26,28-29H2,1-5H3,(H2,55,67)(H,57,68)(H,58,75)(H,59,72)(H,60,74)(H,61,76)(H,62,73). The van der Waals surface area contributed by atoms with Crippen LogP contribution in [0.2, 0.25) is 0 Å². The molecule has 3 heterocycles. The predicted octanol–water partition coefficient (Wildman–Crippen LogP) is 0.500. The minimum Gasteiger partial charge on any atom is -0.387 e. The van der Waals surface area contributed by atoms with E-state index in [0.29, 0.717) is 10.6 Å². The summed E-state index contributed by atoms with van der Waals surface area (Å²) >= 11 is 0. The van der Waals surface area contributed by atoms with Crippen molar-refractivity contribution >= 4 is 59.1 Å².